The van der Waals surface area contributed by atoms with Gasteiger partial charge in [0.25, 0.3) is 0 Å². The summed E-state index contributed by atoms with van der Waals surface area (Å²) in [6.07, 6.45) is 7.75. The van der Waals surface area contributed by atoms with E-state index < -0.39 is 0 Å². The molecule has 232 valence electrons. The van der Waals surface area contributed by atoms with Crippen molar-refractivity contribution in [1.82, 2.24) is 9.91 Å². The van der Waals surface area contributed by atoms with Gasteiger partial charge in [-0.15, -0.1) is 0 Å². The van der Waals surface area contributed by atoms with Crippen LogP contribution in [0.3, 0.4) is 0 Å². The Morgan fingerprint density at radius 3 is 2.12 bits per heavy atom. The standard InChI is InChI=1S/C31H35N3O2.C5H12.C2H6/c1-3-25(26-16-18-27(19-17-26)30-15-8-7-14-29(30)23(2)35)22-34(32)31(36)33-20-10-9-13-28(33)21-24-11-5-4-6-12-24;1-4-5(2)3;1-2/h4-8,11-12,14-19,22,28H,3,9-10,13,20-21,32H2,1-2H3;5H,4H2,1-3H3;1-2H3/b25-22+;;. The minimum Gasteiger partial charge on any atom is -0.320 e. The molecule has 1 heterocycles. The quantitative estimate of drug-likeness (QED) is 0.124. The molecule has 5 heteroatoms. The first-order valence-electron chi connectivity index (χ1n) is 16.0. The number of nitrogens with zero attached hydrogens (tertiary/aromatic N) is 2. The third-order valence-corrected chi connectivity index (χ3v) is 7.77. The fourth-order valence-corrected chi connectivity index (χ4v) is 5.00. The van der Waals surface area contributed by atoms with Crippen LogP contribution in [0, 0.1) is 5.92 Å². The minimum atomic E-state index is -0.159. The average molecular weight is 584 g/mol. The van der Waals surface area contributed by atoms with E-state index in [1.165, 1.54) is 17.0 Å². The number of hydrogen-bond acceptors (Lipinski definition) is 3. The lowest BCUT2D eigenvalue weighted by molar-refractivity contribution is 0.101. The normalized spacial score (nSPS) is 14.7. The van der Waals surface area contributed by atoms with Crippen LogP contribution in [0.25, 0.3) is 16.7 Å². The first-order chi connectivity index (χ1) is 20.7. The van der Waals surface area contributed by atoms with Crippen LogP contribution in [-0.2, 0) is 6.42 Å². The summed E-state index contributed by atoms with van der Waals surface area (Å²) in [4.78, 5) is 27.3. The van der Waals surface area contributed by atoms with Crippen molar-refractivity contribution in [3.8, 4) is 11.1 Å². The highest BCUT2D eigenvalue weighted by Crippen LogP contribution is 2.28. The Kier molecular flexibility index (Phi) is 15.5. The SMILES string of the molecule is CC.CC/C(=C\N(N)C(=O)N1CCCCC1Cc1ccccc1)c1ccc(-c2ccccc2C(C)=O)cc1.CCC(C)C. The molecule has 0 radical (unpaired) electrons. The van der Waals surface area contributed by atoms with Gasteiger partial charge in [-0.1, -0.05) is 127 Å². The molecule has 4 rings (SSSR count). The molecular weight excluding hydrogens is 530 g/mol. The molecule has 1 fully saturated rings. The molecule has 3 aromatic carbocycles. The molecule has 2 amide bonds. The summed E-state index contributed by atoms with van der Waals surface area (Å²) in [5.41, 5.74) is 5.84. The number of likely N-dealkylation sites (tertiary alicyclic amines) is 1. The molecule has 1 aliphatic rings. The molecule has 5 nitrogen and oxygen atoms in total. The van der Waals surface area contributed by atoms with Crippen molar-refractivity contribution in [3.63, 3.8) is 0 Å². The fraction of sp³-hybridized carbons (Fsp3) is 0.421. The summed E-state index contributed by atoms with van der Waals surface area (Å²) in [5, 5.41) is 1.25. The number of carbonyl (C=O) groups is 2. The Balaban J connectivity index is 0.000000836. The third-order valence-electron chi connectivity index (χ3n) is 7.77. The maximum atomic E-state index is 13.4. The first-order valence-corrected chi connectivity index (χ1v) is 16.0. The Bertz CT molecular complexity index is 1280. The summed E-state index contributed by atoms with van der Waals surface area (Å²) in [6.45, 7) is 15.0. The van der Waals surface area contributed by atoms with Crippen LogP contribution >= 0.6 is 0 Å². The number of benzene rings is 3. The highest BCUT2D eigenvalue weighted by Gasteiger charge is 2.29. The van der Waals surface area contributed by atoms with E-state index in [1.807, 2.05) is 85.5 Å². The van der Waals surface area contributed by atoms with Crippen molar-refractivity contribution in [1.29, 1.82) is 0 Å². The van der Waals surface area contributed by atoms with Crippen LogP contribution in [0.2, 0.25) is 0 Å². The van der Waals surface area contributed by atoms with Gasteiger partial charge in [0.1, 0.15) is 0 Å². The number of piperidine rings is 1. The van der Waals surface area contributed by atoms with Gasteiger partial charge in [-0.25, -0.2) is 15.6 Å². The lowest BCUT2D eigenvalue weighted by Gasteiger charge is -2.37. The van der Waals surface area contributed by atoms with Gasteiger partial charge in [-0.2, -0.15) is 0 Å². The average Bonchev–Trinajstić information content (AvgIpc) is 3.05. The molecular formula is C38H53N3O2. The molecule has 1 unspecified atom stereocenters. The maximum absolute atomic E-state index is 13.4. The number of rotatable bonds is 8. The zero-order valence-electron chi connectivity index (χ0n) is 27.5. The van der Waals surface area contributed by atoms with Gasteiger partial charge in [-0.05, 0) is 72.8 Å². The zero-order valence-corrected chi connectivity index (χ0v) is 27.5. The number of allylic oxidation sites excluding steroid dienone is 1. The van der Waals surface area contributed by atoms with E-state index in [2.05, 4.69) is 39.8 Å². The molecule has 0 saturated carbocycles. The number of carbonyl (C=O) groups excluding carboxylic acids is 2. The van der Waals surface area contributed by atoms with Crippen molar-refractivity contribution >= 4 is 17.4 Å². The van der Waals surface area contributed by atoms with Crippen LogP contribution in [0.5, 0.6) is 0 Å². The van der Waals surface area contributed by atoms with Gasteiger partial charge in [0.2, 0.25) is 0 Å². The van der Waals surface area contributed by atoms with Crippen LogP contribution in [0.15, 0.2) is 85.1 Å². The number of amides is 2. The number of ketones is 1. The van der Waals surface area contributed by atoms with E-state index in [4.69, 9.17) is 5.84 Å². The highest BCUT2D eigenvalue weighted by molar-refractivity contribution is 6.00. The molecule has 2 N–H and O–H groups in total. The third kappa shape index (κ3) is 10.8. The molecule has 3 aromatic rings. The van der Waals surface area contributed by atoms with E-state index in [0.29, 0.717) is 5.56 Å². The Hall–Kier alpha value is -3.70. The van der Waals surface area contributed by atoms with E-state index in [1.54, 1.807) is 13.1 Å². The van der Waals surface area contributed by atoms with Crippen LogP contribution in [0.1, 0.15) is 102 Å². The monoisotopic (exact) mass is 583 g/mol. The minimum absolute atomic E-state index is 0.0457. The second kappa shape index (κ2) is 18.8. The second-order valence-electron chi connectivity index (χ2n) is 11.2. The Morgan fingerprint density at radius 1 is 0.930 bits per heavy atom. The van der Waals surface area contributed by atoms with Crippen LogP contribution in [-0.4, -0.2) is 34.3 Å². The predicted octanol–water partition coefficient (Wildman–Crippen LogP) is 9.78. The lowest BCUT2D eigenvalue weighted by atomic mass is 9.95. The summed E-state index contributed by atoms with van der Waals surface area (Å²) in [7, 11) is 0. The molecule has 0 spiro atoms. The van der Waals surface area contributed by atoms with Crippen molar-refractivity contribution in [2.24, 2.45) is 11.8 Å². The van der Waals surface area contributed by atoms with Gasteiger partial charge in [0, 0.05) is 24.4 Å². The number of urea groups is 1. The van der Waals surface area contributed by atoms with E-state index in [-0.39, 0.29) is 17.9 Å². The molecule has 1 atom stereocenters. The summed E-state index contributed by atoms with van der Waals surface area (Å²) in [5.74, 6) is 7.25. The number of hydrogen-bond donors (Lipinski definition) is 1. The zero-order chi connectivity index (χ0) is 31.8. The van der Waals surface area contributed by atoms with Crippen molar-refractivity contribution in [2.75, 3.05) is 6.54 Å². The van der Waals surface area contributed by atoms with Crippen LogP contribution < -0.4 is 5.84 Å². The summed E-state index contributed by atoms with van der Waals surface area (Å²) in [6, 6.07) is 26.1. The number of nitrogens with two attached hydrogens (primary N) is 1. The number of hydrazine groups is 1. The molecule has 1 aliphatic heterocycles. The Labute approximate surface area is 260 Å². The van der Waals surface area contributed by atoms with Crippen molar-refractivity contribution in [2.45, 2.75) is 93.0 Å². The fourth-order valence-electron chi connectivity index (χ4n) is 5.00. The first kappa shape index (κ1) is 35.5. The molecule has 1 saturated heterocycles. The lowest BCUT2D eigenvalue weighted by Crippen LogP contribution is -2.51. The van der Waals surface area contributed by atoms with Crippen LogP contribution in [0.4, 0.5) is 4.79 Å². The maximum Gasteiger partial charge on any atom is 0.338 e. The second-order valence-corrected chi connectivity index (χ2v) is 11.2. The molecule has 0 bridgehead atoms. The van der Waals surface area contributed by atoms with E-state index in [0.717, 1.165) is 66.8 Å². The molecule has 0 aromatic heterocycles. The Morgan fingerprint density at radius 2 is 1.53 bits per heavy atom. The molecule has 0 aliphatic carbocycles. The summed E-state index contributed by atoms with van der Waals surface area (Å²) >= 11 is 0. The number of Topliss-reactive ketones (excluding diaryl/α,β-unsaturated/α-hetero) is 1. The van der Waals surface area contributed by atoms with Gasteiger partial charge in [0.15, 0.2) is 5.78 Å². The van der Waals surface area contributed by atoms with Gasteiger partial charge in [-0.3, -0.25) is 4.79 Å². The van der Waals surface area contributed by atoms with E-state index in [9.17, 15) is 9.59 Å². The topological polar surface area (TPSA) is 66.6 Å². The van der Waals surface area contributed by atoms with Gasteiger partial charge < -0.3 is 4.90 Å². The summed E-state index contributed by atoms with van der Waals surface area (Å²) < 4.78 is 0. The van der Waals surface area contributed by atoms with Gasteiger partial charge in [0.05, 0.1) is 0 Å². The van der Waals surface area contributed by atoms with Crippen molar-refractivity contribution in [3.05, 3.63) is 102 Å². The highest BCUT2D eigenvalue weighted by atomic mass is 16.2. The van der Waals surface area contributed by atoms with Crippen molar-refractivity contribution < 1.29 is 9.59 Å². The predicted molar refractivity (Wildman–Crippen MR) is 183 cm³/mol. The largest absolute Gasteiger partial charge is 0.338 e. The van der Waals surface area contributed by atoms with E-state index >= 15 is 0 Å². The van der Waals surface area contributed by atoms with Gasteiger partial charge >= 0.3 is 6.03 Å². The molecule has 43 heavy (non-hydrogen) atoms. The smallest absolute Gasteiger partial charge is 0.320 e.